The Labute approximate surface area is 72.4 Å². The van der Waals surface area contributed by atoms with Crippen LogP contribution < -0.4 is 5.73 Å². The molecule has 1 spiro atoms. The van der Waals surface area contributed by atoms with Gasteiger partial charge in [-0.2, -0.15) is 0 Å². The van der Waals surface area contributed by atoms with E-state index >= 15 is 0 Å². The smallest absolute Gasteiger partial charge is 0.191 e. The molecule has 12 heavy (non-hydrogen) atoms. The van der Waals surface area contributed by atoms with E-state index in [1.807, 2.05) is 7.05 Å². The second-order valence-corrected chi connectivity index (χ2v) is 3.57. The van der Waals surface area contributed by atoms with Gasteiger partial charge in [-0.15, -0.1) is 0 Å². The highest BCUT2D eigenvalue weighted by atomic mass is 16.5. The van der Waals surface area contributed by atoms with E-state index in [0.717, 1.165) is 32.6 Å². The van der Waals surface area contributed by atoms with Crippen LogP contribution in [0, 0.1) is 0 Å². The highest BCUT2D eigenvalue weighted by Gasteiger charge is 2.40. The molecule has 0 bridgehead atoms. The highest BCUT2D eigenvalue weighted by Crippen LogP contribution is 2.30. The van der Waals surface area contributed by atoms with Gasteiger partial charge in [-0.3, -0.25) is 4.99 Å². The Bertz CT molecular complexity index is 208. The Morgan fingerprint density at radius 3 is 2.67 bits per heavy atom. The summed E-state index contributed by atoms with van der Waals surface area (Å²) in [7, 11) is 2.02. The molecule has 1 fully saturated rings. The van der Waals surface area contributed by atoms with Gasteiger partial charge in [0.1, 0.15) is 0 Å². The first-order valence-corrected chi connectivity index (χ1v) is 4.36. The van der Waals surface area contributed by atoms with Crippen LogP contribution in [0.25, 0.3) is 0 Å². The average molecular weight is 169 g/mol. The van der Waals surface area contributed by atoms with Gasteiger partial charge >= 0.3 is 0 Å². The van der Waals surface area contributed by atoms with Crippen molar-refractivity contribution in [2.45, 2.75) is 18.4 Å². The zero-order valence-electron chi connectivity index (χ0n) is 7.42. The minimum absolute atomic E-state index is 0.183. The lowest BCUT2D eigenvalue weighted by Crippen LogP contribution is -2.52. The van der Waals surface area contributed by atoms with Gasteiger partial charge in [-0.25, -0.2) is 0 Å². The molecule has 0 unspecified atom stereocenters. The van der Waals surface area contributed by atoms with Crippen molar-refractivity contribution in [1.82, 2.24) is 4.90 Å². The van der Waals surface area contributed by atoms with Gasteiger partial charge in [0.05, 0.1) is 12.1 Å². The van der Waals surface area contributed by atoms with Crippen molar-refractivity contribution in [3.05, 3.63) is 0 Å². The van der Waals surface area contributed by atoms with Gasteiger partial charge < -0.3 is 15.4 Å². The van der Waals surface area contributed by atoms with E-state index in [1.54, 1.807) is 0 Å². The number of hydrogen-bond donors (Lipinski definition) is 1. The van der Waals surface area contributed by atoms with E-state index < -0.39 is 0 Å². The van der Waals surface area contributed by atoms with Crippen molar-refractivity contribution in [3.63, 3.8) is 0 Å². The van der Waals surface area contributed by atoms with Gasteiger partial charge in [-0.05, 0) is 12.8 Å². The van der Waals surface area contributed by atoms with Crippen LogP contribution in [0.4, 0.5) is 0 Å². The van der Waals surface area contributed by atoms with Crippen LogP contribution >= 0.6 is 0 Å². The maximum Gasteiger partial charge on any atom is 0.191 e. The first-order chi connectivity index (χ1) is 5.75. The molecule has 1 saturated heterocycles. The number of ether oxygens (including phenoxy) is 1. The molecule has 0 amide bonds. The SMILES string of the molecule is CN1C(N)=NCC12CCOCC2. The average Bonchev–Trinajstić information content (AvgIpc) is 2.37. The van der Waals surface area contributed by atoms with E-state index in [1.165, 1.54) is 0 Å². The number of nitrogens with zero attached hydrogens (tertiary/aromatic N) is 2. The lowest BCUT2D eigenvalue weighted by Gasteiger charge is -2.39. The monoisotopic (exact) mass is 169 g/mol. The van der Waals surface area contributed by atoms with Gasteiger partial charge in [0.15, 0.2) is 5.96 Å². The minimum Gasteiger partial charge on any atom is -0.381 e. The highest BCUT2D eigenvalue weighted by molar-refractivity contribution is 5.80. The third-order valence-corrected chi connectivity index (χ3v) is 3.01. The summed E-state index contributed by atoms with van der Waals surface area (Å²) >= 11 is 0. The van der Waals surface area contributed by atoms with Gasteiger partial charge in [0.25, 0.3) is 0 Å². The summed E-state index contributed by atoms with van der Waals surface area (Å²) in [5.74, 6) is 0.678. The summed E-state index contributed by atoms with van der Waals surface area (Å²) in [6.45, 7) is 2.53. The molecule has 0 saturated carbocycles. The van der Waals surface area contributed by atoms with Crippen LogP contribution in [-0.4, -0.2) is 43.2 Å². The maximum atomic E-state index is 5.72. The molecule has 2 N–H and O–H groups in total. The first-order valence-electron chi connectivity index (χ1n) is 4.36. The van der Waals surface area contributed by atoms with Crippen LogP contribution in [0.1, 0.15) is 12.8 Å². The molecule has 2 aliphatic heterocycles. The summed E-state index contributed by atoms with van der Waals surface area (Å²) in [5, 5.41) is 0. The quantitative estimate of drug-likeness (QED) is 0.546. The normalized spacial score (nSPS) is 27.8. The molecular weight excluding hydrogens is 154 g/mol. The number of likely N-dealkylation sites (N-methyl/N-ethyl adjacent to an activating group) is 1. The fourth-order valence-corrected chi connectivity index (χ4v) is 1.93. The van der Waals surface area contributed by atoms with Crippen LogP contribution in [0.15, 0.2) is 4.99 Å². The number of aliphatic imine (C=N–C) groups is 1. The van der Waals surface area contributed by atoms with Crippen molar-refractivity contribution < 1.29 is 4.74 Å². The Balaban J connectivity index is 2.12. The first kappa shape index (κ1) is 7.86. The number of nitrogens with two attached hydrogens (primary N) is 1. The van der Waals surface area contributed by atoms with E-state index in [2.05, 4.69) is 9.89 Å². The van der Waals surface area contributed by atoms with Crippen LogP contribution in [-0.2, 0) is 4.74 Å². The molecule has 0 atom stereocenters. The second-order valence-electron chi connectivity index (χ2n) is 3.57. The Hall–Kier alpha value is -0.770. The molecule has 2 rings (SSSR count). The van der Waals surface area contributed by atoms with E-state index in [4.69, 9.17) is 10.5 Å². The molecule has 68 valence electrons. The van der Waals surface area contributed by atoms with Crippen molar-refractivity contribution in [2.24, 2.45) is 10.7 Å². The van der Waals surface area contributed by atoms with Crippen LogP contribution in [0.3, 0.4) is 0 Å². The fraction of sp³-hybridized carbons (Fsp3) is 0.875. The maximum absolute atomic E-state index is 5.72. The second kappa shape index (κ2) is 2.62. The molecule has 2 heterocycles. The molecule has 0 aromatic rings. The third kappa shape index (κ3) is 0.982. The molecule has 0 aromatic heterocycles. The summed E-state index contributed by atoms with van der Waals surface area (Å²) in [4.78, 5) is 6.37. The molecular formula is C8H15N3O. The molecule has 0 aliphatic carbocycles. The summed E-state index contributed by atoms with van der Waals surface area (Å²) < 4.78 is 5.32. The molecule has 4 heteroatoms. The summed E-state index contributed by atoms with van der Waals surface area (Å²) in [6.07, 6.45) is 2.10. The Kier molecular flexibility index (Phi) is 1.72. The molecule has 0 radical (unpaired) electrons. The standard InChI is InChI=1S/C8H15N3O/c1-11-7(9)10-6-8(11)2-4-12-5-3-8/h2-6H2,1H3,(H2,9,10). The van der Waals surface area contributed by atoms with Crippen molar-refractivity contribution in [3.8, 4) is 0 Å². The topological polar surface area (TPSA) is 50.8 Å². The zero-order chi connectivity index (χ0) is 8.60. The van der Waals surface area contributed by atoms with Gasteiger partial charge in [0, 0.05) is 20.3 Å². The number of rotatable bonds is 0. The fourth-order valence-electron chi connectivity index (χ4n) is 1.93. The lowest BCUT2D eigenvalue weighted by atomic mass is 9.90. The number of hydrogen-bond acceptors (Lipinski definition) is 4. The molecule has 4 nitrogen and oxygen atoms in total. The van der Waals surface area contributed by atoms with Crippen molar-refractivity contribution in [1.29, 1.82) is 0 Å². The largest absolute Gasteiger partial charge is 0.381 e. The Morgan fingerprint density at radius 1 is 1.50 bits per heavy atom. The van der Waals surface area contributed by atoms with Crippen molar-refractivity contribution >= 4 is 5.96 Å². The summed E-state index contributed by atoms with van der Waals surface area (Å²) in [6, 6.07) is 0. The Morgan fingerprint density at radius 2 is 2.17 bits per heavy atom. The number of guanidine groups is 1. The van der Waals surface area contributed by atoms with E-state index in [0.29, 0.717) is 5.96 Å². The lowest BCUT2D eigenvalue weighted by molar-refractivity contribution is 0.0186. The molecule has 2 aliphatic rings. The predicted octanol–water partition coefficient (Wildman–Crippen LogP) is -0.204. The van der Waals surface area contributed by atoms with Gasteiger partial charge in [-0.1, -0.05) is 0 Å². The third-order valence-electron chi connectivity index (χ3n) is 3.01. The van der Waals surface area contributed by atoms with E-state index in [-0.39, 0.29) is 5.54 Å². The van der Waals surface area contributed by atoms with E-state index in [9.17, 15) is 0 Å². The molecule has 0 aromatic carbocycles. The minimum atomic E-state index is 0.183. The zero-order valence-corrected chi connectivity index (χ0v) is 7.42. The predicted molar refractivity (Wildman–Crippen MR) is 47.0 cm³/mol. The summed E-state index contributed by atoms with van der Waals surface area (Å²) in [5.41, 5.74) is 5.90. The van der Waals surface area contributed by atoms with Gasteiger partial charge in [0.2, 0.25) is 0 Å². The van der Waals surface area contributed by atoms with Crippen LogP contribution in [0.2, 0.25) is 0 Å². The van der Waals surface area contributed by atoms with Crippen LogP contribution in [0.5, 0.6) is 0 Å². The van der Waals surface area contributed by atoms with Crippen molar-refractivity contribution in [2.75, 3.05) is 26.8 Å².